The van der Waals surface area contributed by atoms with E-state index in [2.05, 4.69) is 5.32 Å². The van der Waals surface area contributed by atoms with Crippen molar-refractivity contribution in [3.8, 4) is 5.75 Å². The fourth-order valence-corrected chi connectivity index (χ4v) is 2.29. The molecule has 1 amide bonds. The van der Waals surface area contributed by atoms with Crippen LogP contribution in [0.4, 0.5) is 0 Å². The van der Waals surface area contributed by atoms with Crippen LogP contribution >= 0.6 is 11.8 Å². The Balaban J connectivity index is 2.18. The summed E-state index contributed by atoms with van der Waals surface area (Å²) in [5.74, 6) is 1.73. The second-order valence-corrected chi connectivity index (χ2v) is 5.62. The Morgan fingerprint density at radius 1 is 1.40 bits per heavy atom. The molecule has 0 radical (unpaired) electrons. The largest absolute Gasteiger partial charge is 0.497 e. The molecule has 0 unspecified atom stereocenters. The van der Waals surface area contributed by atoms with Crippen molar-refractivity contribution in [2.24, 2.45) is 5.73 Å². The van der Waals surface area contributed by atoms with Crippen molar-refractivity contribution in [2.75, 3.05) is 25.7 Å². The second-order valence-electron chi connectivity index (χ2n) is 4.63. The molecule has 1 rings (SSSR count). The van der Waals surface area contributed by atoms with Gasteiger partial charge in [0.05, 0.1) is 13.2 Å². The van der Waals surface area contributed by atoms with Crippen LogP contribution in [0.3, 0.4) is 0 Å². The lowest BCUT2D eigenvalue weighted by atomic mass is 10.1. The third-order valence-electron chi connectivity index (χ3n) is 3.07. The molecule has 0 bridgehead atoms. The lowest BCUT2D eigenvalue weighted by Crippen LogP contribution is -2.41. The predicted octanol–water partition coefficient (Wildman–Crippen LogP) is 1.82. The zero-order valence-electron chi connectivity index (χ0n) is 12.2. The molecule has 0 aliphatic heterocycles. The summed E-state index contributed by atoms with van der Waals surface area (Å²) >= 11 is 1.71. The molecule has 0 saturated carbocycles. The van der Waals surface area contributed by atoms with Gasteiger partial charge in [-0.25, -0.2) is 0 Å². The first-order valence-corrected chi connectivity index (χ1v) is 8.22. The van der Waals surface area contributed by atoms with E-state index in [1.54, 1.807) is 18.9 Å². The Bertz CT molecular complexity index is 395. The number of benzene rings is 1. The lowest BCUT2D eigenvalue weighted by Gasteiger charge is -2.11. The topological polar surface area (TPSA) is 64.3 Å². The van der Waals surface area contributed by atoms with Crippen LogP contribution in [0.5, 0.6) is 5.75 Å². The summed E-state index contributed by atoms with van der Waals surface area (Å²) < 4.78 is 5.11. The Morgan fingerprint density at radius 3 is 2.70 bits per heavy atom. The smallest absolute Gasteiger partial charge is 0.236 e. The fourth-order valence-electron chi connectivity index (χ4n) is 1.80. The van der Waals surface area contributed by atoms with Gasteiger partial charge in [-0.05, 0) is 49.0 Å². The van der Waals surface area contributed by atoms with Gasteiger partial charge in [-0.2, -0.15) is 11.8 Å². The number of amides is 1. The van der Waals surface area contributed by atoms with Gasteiger partial charge in [-0.3, -0.25) is 4.79 Å². The molecule has 0 spiro atoms. The number of thioether (sulfide) groups is 1. The third kappa shape index (κ3) is 6.30. The first-order valence-electron chi connectivity index (χ1n) is 6.82. The maximum atomic E-state index is 11.7. The number of carbonyl (C=O) groups excluding carboxylic acids is 1. The van der Waals surface area contributed by atoms with Gasteiger partial charge in [0.25, 0.3) is 0 Å². The summed E-state index contributed by atoms with van der Waals surface area (Å²) in [5.41, 5.74) is 7.03. The highest BCUT2D eigenvalue weighted by Crippen LogP contribution is 2.12. The fraction of sp³-hybridized carbons (Fsp3) is 0.533. The summed E-state index contributed by atoms with van der Waals surface area (Å²) in [6.07, 6.45) is 4.59. The van der Waals surface area contributed by atoms with E-state index in [9.17, 15) is 4.79 Å². The molecule has 20 heavy (non-hydrogen) atoms. The first kappa shape index (κ1) is 16.9. The second kappa shape index (κ2) is 9.66. The third-order valence-corrected chi connectivity index (χ3v) is 3.71. The van der Waals surface area contributed by atoms with E-state index in [0.717, 1.165) is 30.8 Å². The van der Waals surface area contributed by atoms with Gasteiger partial charge in [-0.15, -0.1) is 0 Å². The number of nitrogens with two attached hydrogens (primary N) is 1. The van der Waals surface area contributed by atoms with E-state index in [1.165, 1.54) is 5.56 Å². The molecule has 1 aromatic carbocycles. The minimum absolute atomic E-state index is 0.0474. The van der Waals surface area contributed by atoms with Crippen LogP contribution in [0.2, 0.25) is 0 Å². The summed E-state index contributed by atoms with van der Waals surface area (Å²) in [4.78, 5) is 11.7. The molecule has 112 valence electrons. The number of ether oxygens (including phenoxy) is 1. The van der Waals surface area contributed by atoms with Gasteiger partial charge >= 0.3 is 0 Å². The summed E-state index contributed by atoms with van der Waals surface area (Å²) in [7, 11) is 1.66. The van der Waals surface area contributed by atoms with Crippen molar-refractivity contribution in [3.63, 3.8) is 0 Å². The monoisotopic (exact) mass is 296 g/mol. The van der Waals surface area contributed by atoms with Crippen molar-refractivity contribution in [2.45, 2.75) is 25.3 Å². The molecule has 3 N–H and O–H groups in total. The molecular weight excluding hydrogens is 272 g/mol. The van der Waals surface area contributed by atoms with E-state index in [0.29, 0.717) is 6.54 Å². The normalized spacial score (nSPS) is 11.9. The summed E-state index contributed by atoms with van der Waals surface area (Å²) in [5, 5.41) is 2.89. The number of nitrogens with one attached hydrogen (secondary N) is 1. The molecule has 4 nitrogen and oxygen atoms in total. The molecule has 1 aromatic rings. The van der Waals surface area contributed by atoms with Gasteiger partial charge in [0, 0.05) is 6.54 Å². The zero-order chi connectivity index (χ0) is 14.8. The molecule has 0 aliphatic rings. The number of carbonyl (C=O) groups is 1. The van der Waals surface area contributed by atoms with Crippen LogP contribution in [0.15, 0.2) is 24.3 Å². The van der Waals surface area contributed by atoms with Crippen LogP contribution in [-0.2, 0) is 11.2 Å². The Labute approximate surface area is 125 Å². The Hall–Kier alpha value is -1.20. The van der Waals surface area contributed by atoms with E-state index in [4.69, 9.17) is 10.5 Å². The van der Waals surface area contributed by atoms with Crippen LogP contribution < -0.4 is 15.8 Å². The molecule has 1 atom stereocenters. The predicted molar refractivity (Wildman–Crippen MR) is 85.3 cm³/mol. The zero-order valence-corrected chi connectivity index (χ0v) is 13.0. The van der Waals surface area contributed by atoms with Crippen molar-refractivity contribution in [3.05, 3.63) is 29.8 Å². The molecule has 0 saturated heterocycles. The van der Waals surface area contributed by atoms with Crippen LogP contribution in [0, 0.1) is 0 Å². The van der Waals surface area contributed by atoms with Gasteiger partial charge in [0.2, 0.25) is 5.91 Å². The van der Waals surface area contributed by atoms with E-state index in [1.807, 2.05) is 30.5 Å². The standard InChI is InChI=1S/C15H24N2O2S/c1-19-13-7-5-12(6-8-13)4-3-10-17-15(18)14(16)9-11-20-2/h5-8,14H,3-4,9-11,16H2,1-2H3,(H,17,18)/t14-/m0/s1. The Kier molecular flexibility index (Phi) is 8.14. The van der Waals surface area contributed by atoms with Gasteiger partial charge in [0.15, 0.2) is 0 Å². The van der Waals surface area contributed by atoms with Crippen LogP contribution in [0.25, 0.3) is 0 Å². The quantitative estimate of drug-likeness (QED) is 0.682. The van der Waals surface area contributed by atoms with E-state index in [-0.39, 0.29) is 11.9 Å². The molecule has 0 heterocycles. The van der Waals surface area contributed by atoms with Crippen LogP contribution in [0.1, 0.15) is 18.4 Å². The van der Waals surface area contributed by atoms with Gasteiger partial charge in [0.1, 0.15) is 5.75 Å². The lowest BCUT2D eigenvalue weighted by molar-refractivity contribution is -0.122. The summed E-state index contributed by atoms with van der Waals surface area (Å²) in [6.45, 7) is 0.665. The van der Waals surface area contributed by atoms with Crippen LogP contribution in [-0.4, -0.2) is 37.6 Å². The molecule has 5 heteroatoms. The number of methoxy groups -OCH3 is 1. The molecule has 0 aromatic heterocycles. The SMILES string of the molecule is COc1ccc(CCCNC(=O)[C@@H](N)CCSC)cc1. The summed E-state index contributed by atoms with van der Waals surface area (Å²) in [6, 6.07) is 7.61. The van der Waals surface area contributed by atoms with E-state index < -0.39 is 0 Å². The highest BCUT2D eigenvalue weighted by Gasteiger charge is 2.11. The number of aryl methyl sites for hydroxylation is 1. The molecule has 0 fully saturated rings. The van der Waals surface area contributed by atoms with Crippen molar-refractivity contribution >= 4 is 17.7 Å². The number of rotatable bonds is 9. The minimum Gasteiger partial charge on any atom is -0.497 e. The maximum absolute atomic E-state index is 11.7. The highest BCUT2D eigenvalue weighted by molar-refractivity contribution is 7.98. The number of hydrogen-bond acceptors (Lipinski definition) is 4. The molecule has 0 aliphatic carbocycles. The Morgan fingerprint density at radius 2 is 2.10 bits per heavy atom. The average Bonchev–Trinajstić information content (AvgIpc) is 2.49. The van der Waals surface area contributed by atoms with Crippen molar-refractivity contribution < 1.29 is 9.53 Å². The molecular formula is C15H24N2O2S. The van der Waals surface area contributed by atoms with Gasteiger partial charge < -0.3 is 15.8 Å². The average molecular weight is 296 g/mol. The minimum atomic E-state index is -0.386. The van der Waals surface area contributed by atoms with E-state index >= 15 is 0 Å². The number of hydrogen-bond donors (Lipinski definition) is 2. The maximum Gasteiger partial charge on any atom is 0.236 e. The van der Waals surface area contributed by atoms with Gasteiger partial charge in [-0.1, -0.05) is 12.1 Å². The van der Waals surface area contributed by atoms with Crippen molar-refractivity contribution in [1.82, 2.24) is 5.32 Å². The highest BCUT2D eigenvalue weighted by atomic mass is 32.2. The first-order chi connectivity index (χ1) is 9.67. The van der Waals surface area contributed by atoms with Crippen molar-refractivity contribution in [1.29, 1.82) is 0 Å².